The van der Waals surface area contributed by atoms with E-state index in [-0.39, 0.29) is 11.8 Å². The van der Waals surface area contributed by atoms with Gasteiger partial charge in [0.2, 0.25) is 11.9 Å². The fourth-order valence-corrected chi connectivity index (χ4v) is 2.20. The lowest BCUT2D eigenvalue weighted by atomic mass is 10.2. The summed E-state index contributed by atoms with van der Waals surface area (Å²) in [5.41, 5.74) is 6.33. The Morgan fingerprint density at radius 3 is 2.63 bits per heavy atom. The molecule has 19 heavy (non-hydrogen) atoms. The fraction of sp³-hybridized carbons (Fsp3) is 0.308. The second kappa shape index (κ2) is 4.79. The Hall–Kier alpha value is -2.24. The molecule has 0 saturated carbocycles. The van der Waals surface area contributed by atoms with E-state index in [0.717, 1.165) is 25.9 Å². The van der Waals surface area contributed by atoms with Gasteiger partial charge in [-0.3, -0.25) is 0 Å². The number of aromatic nitrogens is 3. The van der Waals surface area contributed by atoms with Gasteiger partial charge in [-0.15, -0.1) is 0 Å². The van der Waals surface area contributed by atoms with Gasteiger partial charge in [-0.25, -0.2) is 4.39 Å². The molecule has 6 heteroatoms. The topological polar surface area (TPSA) is 67.9 Å². The molecule has 3 rings (SSSR count). The maximum atomic E-state index is 13.2. The smallest absolute Gasteiger partial charge is 0.230 e. The van der Waals surface area contributed by atoms with Crippen LogP contribution in [0.3, 0.4) is 0 Å². The van der Waals surface area contributed by atoms with E-state index in [1.54, 1.807) is 12.1 Å². The van der Waals surface area contributed by atoms with Gasteiger partial charge in [-0.1, -0.05) is 12.1 Å². The highest BCUT2D eigenvalue weighted by molar-refractivity contribution is 5.57. The van der Waals surface area contributed by atoms with Crippen molar-refractivity contribution in [2.45, 2.75) is 12.8 Å². The molecule has 5 nitrogen and oxygen atoms in total. The summed E-state index contributed by atoms with van der Waals surface area (Å²) in [6, 6.07) is 6.16. The van der Waals surface area contributed by atoms with Crippen LogP contribution in [0.5, 0.6) is 0 Å². The van der Waals surface area contributed by atoms with Crippen LogP contribution in [0.2, 0.25) is 0 Å². The molecule has 0 spiro atoms. The monoisotopic (exact) mass is 259 g/mol. The number of rotatable bonds is 2. The van der Waals surface area contributed by atoms with Gasteiger partial charge in [0.1, 0.15) is 5.82 Å². The third-order valence-electron chi connectivity index (χ3n) is 3.11. The van der Waals surface area contributed by atoms with E-state index in [0.29, 0.717) is 17.3 Å². The van der Waals surface area contributed by atoms with Crippen LogP contribution in [-0.4, -0.2) is 28.0 Å². The molecule has 1 aliphatic heterocycles. The molecule has 2 N–H and O–H groups in total. The Balaban J connectivity index is 2.01. The Morgan fingerprint density at radius 1 is 1.11 bits per heavy atom. The second-order valence-electron chi connectivity index (χ2n) is 4.52. The average Bonchev–Trinajstić information content (AvgIpc) is 2.92. The first-order valence-electron chi connectivity index (χ1n) is 6.25. The van der Waals surface area contributed by atoms with Crippen LogP contribution in [-0.2, 0) is 0 Å². The lowest BCUT2D eigenvalue weighted by Crippen LogP contribution is -2.21. The second-order valence-corrected chi connectivity index (χ2v) is 4.52. The summed E-state index contributed by atoms with van der Waals surface area (Å²) in [5, 5.41) is 0. The summed E-state index contributed by atoms with van der Waals surface area (Å²) in [5.74, 6) is 0.827. The Labute approximate surface area is 110 Å². The average molecular weight is 259 g/mol. The molecule has 0 unspecified atom stereocenters. The zero-order valence-electron chi connectivity index (χ0n) is 10.4. The van der Waals surface area contributed by atoms with Gasteiger partial charge in [-0.2, -0.15) is 15.0 Å². The van der Waals surface area contributed by atoms with E-state index in [1.807, 2.05) is 0 Å². The molecule has 1 aliphatic rings. The molecule has 0 aliphatic carbocycles. The zero-order valence-corrected chi connectivity index (χ0v) is 10.4. The predicted octanol–water partition coefficient (Wildman–Crippen LogP) is 1.86. The van der Waals surface area contributed by atoms with E-state index in [1.165, 1.54) is 12.1 Å². The minimum Gasteiger partial charge on any atom is -0.368 e. The molecular formula is C13H14FN5. The Bertz CT molecular complexity index is 595. The summed E-state index contributed by atoms with van der Waals surface area (Å²) in [4.78, 5) is 14.7. The van der Waals surface area contributed by atoms with Gasteiger partial charge in [0, 0.05) is 18.7 Å². The zero-order chi connectivity index (χ0) is 13.2. The van der Waals surface area contributed by atoms with Gasteiger partial charge in [-0.05, 0) is 25.0 Å². The molecule has 2 heterocycles. The van der Waals surface area contributed by atoms with Gasteiger partial charge in [0.25, 0.3) is 0 Å². The number of nitrogens with zero attached hydrogens (tertiary/aromatic N) is 4. The highest BCUT2D eigenvalue weighted by Crippen LogP contribution is 2.21. The molecule has 1 fully saturated rings. The fourth-order valence-electron chi connectivity index (χ4n) is 2.20. The molecule has 98 valence electrons. The van der Waals surface area contributed by atoms with Crippen molar-refractivity contribution >= 4 is 11.9 Å². The third kappa shape index (κ3) is 2.47. The third-order valence-corrected chi connectivity index (χ3v) is 3.11. The first-order valence-corrected chi connectivity index (χ1v) is 6.25. The number of halogens is 1. The van der Waals surface area contributed by atoms with Gasteiger partial charge < -0.3 is 10.6 Å². The van der Waals surface area contributed by atoms with Crippen molar-refractivity contribution < 1.29 is 4.39 Å². The SMILES string of the molecule is Nc1nc(-c2cccc(F)c2)nc(N2CCCC2)n1. The molecule has 0 amide bonds. The minimum absolute atomic E-state index is 0.163. The molecule has 1 aromatic heterocycles. The molecule has 0 bridgehead atoms. The van der Waals surface area contributed by atoms with Crippen LogP contribution >= 0.6 is 0 Å². The van der Waals surface area contributed by atoms with Gasteiger partial charge >= 0.3 is 0 Å². The van der Waals surface area contributed by atoms with Crippen LogP contribution in [0.15, 0.2) is 24.3 Å². The molecule has 2 aromatic rings. The predicted molar refractivity (Wildman–Crippen MR) is 71.1 cm³/mol. The van der Waals surface area contributed by atoms with E-state index in [4.69, 9.17) is 5.73 Å². The van der Waals surface area contributed by atoms with E-state index < -0.39 is 0 Å². The van der Waals surface area contributed by atoms with Crippen molar-refractivity contribution in [2.24, 2.45) is 0 Å². The van der Waals surface area contributed by atoms with Crippen molar-refractivity contribution in [3.05, 3.63) is 30.1 Å². The number of benzene rings is 1. The highest BCUT2D eigenvalue weighted by atomic mass is 19.1. The number of hydrogen-bond acceptors (Lipinski definition) is 5. The molecule has 0 atom stereocenters. The Kier molecular flexibility index (Phi) is 2.98. The standard InChI is InChI=1S/C13H14FN5/c14-10-5-3-4-9(8-10)11-16-12(15)18-13(17-11)19-6-1-2-7-19/h3-5,8H,1-2,6-7H2,(H2,15,16,17,18). The lowest BCUT2D eigenvalue weighted by molar-refractivity contribution is 0.628. The normalized spacial score (nSPS) is 14.9. The first kappa shape index (κ1) is 11.8. The first-order chi connectivity index (χ1) is 9.22. The van der Waals surface area contributed by atoms with E-state index in [9.17, 15) is 4.39 Å². The van der Waals surface area contributed by atoms with E-state index in [2.05, 4.69) is 19.9 Å². The number of hydrogen-bond donors (Lipinski definition) is 1. The lowest BCUT2D eigenvalue weighted by Gasteiger charge is -2.15. The number of nitrogen functional groups attached to an aromatic ring is 1. The van der Waals surface area contributed by atoms with Gasteiger partial charge in [0.15, 0.2) is 5.82 Å². The summed E-state index contributed by atoms with van der Waals surface area (Å²) in [6.45, 7) is 1.85. The van der Waals surface area contributed by atoms with Crippen molar-refractivity contribution in [3.8, 4) is 11.4 Å². The largest absolute Gasteiger partial charge is 0.368 e. The minimum atomic E-state index is -0.320. The number of nitrogens with two attached hydrogens (primary N) is 1. The van der Waals surface area contributed by atoms with Crippen molar-refractivity contribution in [1.29, 1.82) is 0 Å². The maximum Gasteiger partial charge on any atom is 0.230 e. The molecule has 1 saturated heterocycles. The maximum absolute atomic E-state index is 13.2. The van der Waals surface area contributed by atoms with Crippen LogP contribution in [0.1, 0.15) is 12.8 Å². The van der Waals surface area contributed by atoms with Gasteiger partial charge in [0.05, 0.1) is 0 Å². The van der Waals surface area contributed by atoms with Crippen LogP contribution < -0.4 is 10.6 Å². The van der Waals surface area contributed by atoms with Crippen molar-refractivity contribution in [2.75, 3.05) is 23.7 Å². The quantitative estimate of drug-likeness (QED) is 0.891. The summed E-state index contributed by atoms with van der Waals surface area (Å²) in [7, 11) is 0. The van der Waals surface area contributed by atoms with E-state index >= 15 is 0 Å². The molecule has 0 radical (unpaired) electrons. The summed E-state index contributed by atoms with van der Waals surface area (Å²) >= 11 is 0. The Morgan fingerprint density at radius 2 is 1.89 bits per heavy atom. The summed E-state index contributed by atoms with van der Waals surface area (Å²) < 4.78 is 13.2. The van der Waals surface area contributed by atoms with Crippen molar-refractivity contribution in [1.82, 2.24) is 15.0 Å². The summed E-state index contributed by atoms with van der Waals surface area (Å²) in [6.07, 6.45) is 2.25. The van der Waals surface area contributed by atoms with Crippen LogP contribution in [0.25, 0.3) is 11.4 Å². The van der Waals surface area contributed by atoms with Crippen LogP contribution in [0, 0.1) is 5.82 Å². The molecule has 1 aromatic carbocycles. The van der Waals surface area contributed by atoms with Crippen molar-refractivity contribution in [3.63, 3.8) is 0 Å². The molecular weight excluding hydrogens is 245 g/mol. The number of anilines is 2. The highest BCUT2D eigenvalue weighted by Gasteiger charge is 2.17. The van der Waals surface area contributed by atoms with Crippen LogP contribution in [0.4, 0.5) is 16.3 Å².